The Kier molecular flexibility index (Phi) is 11.6. The Morgan fingerprint density at radius 3 is 1.42 bits per heavy atom. The van der Waals surface area contributed by atoms with E-state index in [0.717, 1.165) is 12.8 Å². The molecule has 0 saturated carbocycles. The largest absolute Gasteiger partial charge is 1.00 e. The smallest absolute Gasteiger partial charge is 1.00 e. The van der Waals surface area contributed by atoms with Crippen LogP contribution in [0.3, 0.4) is 0 Å². The van der Waals surface area contributed by atoms with E-state index in [9.17, 15) is 0 Å². The Hall–Kier alpha value is -1.06. The number of hydrogen-bond donors (Lipinski definition) is 0. The third-order valence-electron chi connectivity index (χ3n) is 5.69. The van der Waals surface area contributed by atoms with Crippen molar-refractivity contribution in [2.24, 2.45) is 0 Å². The normalized spacial score (nSPS) is 12.9. The fraction of sp³-hybridized carbons (Fsp3) is 0.154. The molecule has 31 heavy (non-hydrogen) atoms. The molecule has 0 nitrogen and oxygen atoms in total. The SMILES string of the molecule is CCCC1=CC[C]([Ti+3])=C1[Si](c1ccccc1)(c1ccccc1)c1ccccc1.[Cl-].[Cl-].[Cl-]. The molecule has 0 aromatic heterocycles. The molecule has 0 atom stereocenters. The zero-order chi connectivity index (χ0) is 19.4. The van der Waals surface area contributed by atoms with Gasteiger partial charge < -0.3 is 37.2 Å². The van der Waals surface area contributed by atoms with Gasteiger partial charge in [0.25, 0.3) is 0 Å². The molecule has 0 amide bonds. The van der Waals surface area contributed by atoms with Gasteiger partial charge in [0.05, 0.1) is 0 Å². The maximum Gasteiger partial charge on any atom is -1.00 e. The first-order valence-electron chi connectivity index (χ1n) is 10.1. The summed E-state index contributed by atoms with van der Waals surface area (Å²) in [5.41, 5.74) is 1.57. The molecule has 0 N–H and O–H groups in total. The van der Waals surface area contributed by atoms with Crippen LogP contribution in [0, 0.1) is 0 Å². The average molecular weight is 520 g/mol. The molecular formula is C26H25Cl3SiTi. The Balaban J connectivity index is 0.00000160. The first-order chi connectivity index (χ1) is 13.8. The summed E-state index contributed by atoms with van der Waals surface area (Å²) in [6, 6.07) is 33.8. The first kappa shape index (κ1) is 28.0. The fourth-order valence-electron chi connectivity index (χ4n) is 4.58. The van der Waals surface area contributed by atoms with Crippen molar-refractivity contribution in [3.63, 3.8) is 0 Å². The van der Waals surface area contributed by atoms with Crippen LogP contribution < -0.4 is 52.8 Å². The van der Waals surface area contributed by atoms with Crippen LogP contribution in [-0.2, 0) is 20.4 Å². The maximum absolute atomic E-state index is 2.49. The van der Waals surface area contributed by atoms with Crippen molar-refractivity contribution in [3.8, 4) is 0 Å². The molecular weight excluding hydrogens is 495 g/mol. The van der Waals surface area contributed by atoms with E-state index in [4.69, 9.17) is 0 Å². The van der Waals surface area contributed by atoms with Gasteiger partial charge in [0.2, 0.25) is 0 Å². The van der Waals surface area contributed by atoms with E-state index in [1.807, 2.05) is 0 Å². The minimum atomic E-state index is -2.34. The van der Waals surface area contributed by atoms with Crippen LogP contribution in [0.5, 0.6) is 0 Å². The van der Waals surface area contributed by atoms with Gasteiger partial charge in [-0.3, -0.25) is 0 Å². The summed E-state index contributed by atoms with van der Waals surface area (Å²) in [7, 11) is -2.34. The van der Waals surface area contributed by atoms with Crippen LogP contribution in [0.2, 0.25) is 0 Å². The van der Waals surface area contributed by atoms with Gasteiger partial charge in [-0.2, -0.15) is 0 Å². The number of allylic oxidation sites excluding steroid dienone is 4. The predicted octanol–water partition coefficient (Wildman–Crippen LogP) is -4.36. The maximum atomic E-state index is 2.49. The van der Waals surface area contributed by atoms with E-state index in [0.29, 0.717) is 0 Å². The number of rotatable bonds is 6. The molecule has 1 aliphatic rings. The minimum absolute atomic E-state index is 0. The molecule has 4 rings (SSSR count). The van der Waals surface area contributed by atoms with Crippen molar-refractivity contribution < 1.29 is 57.7 Å². The van der Waals surface area contributed by atoms with E-state index in [-0.39, 0.29) is 37.2 Å². The standard InChI is InChI=1S/C26H25Si.3ClH.Ti/c1-2-13-22-14-12-21-26(22)27(23-15-6-3-7-16-23,24-17-8-4-9-18-24)25-19-10-5-11-20-25;;;;/h3-11,14-20H,2,12-13H2,1H3;3*1H;/q;;;;+3/p-3. The van der Waals surface area contributed by atoms with Gasteiger partial charge in [-0.1, -0.05) is 0 Å². The predicted molar refractivity (Wildman–Crippen MR) is 119 cm³/mol. The minimum Gasteiger partial charge on any atom is -1.00 e. The molecule has 0 heterocycles. The van der Waals surface area contributed by atoms with Crippen molar-refractivity contribution in [2.45, 2.75) is 26.2 Å². The summed E-state index contributed by atoms with van der Waals surface area (Å²) in [5.74, 6) is 0. The summed E-state index contributed by atoms with van der Waals surface area (Å²) < 4.78 is 1.55. The topological polar surface area (TPSA) is 0 Å². The Morgan fingerprint density at radius 2 is 1.06 bits per heavy atom. The van der Waals surface area contributed by atoms with Crippen molar-refractivity contribution in [2.75, 3.05) is 0 Å². The van der Waals surface area contributed by atoms with Gasteiger partial charge in [0.15, 0.2) is 0 Å². The Labute approximate surface area is 217 Å². The quantitative estimate of drug-likeness (QED) is 0.228. The van der Waals surface area contributed by atoms with Crippen LogP contribution in [0.15, 0.2) is 112 Å². The molecule has 158 valence electrons. The summed E-state index contributed by atoms with van der Waals surface area (Å²) in [4.78, 5) is 0. The fourth-order valence-corrected chi connectivity index (χ4v) is 11.1. The van der Waals surface area contributed by atoms with Crippen LogP contribution in [-0.4, -0.2) is 8.07 Å². The molecule has 0 radical (unpaired) electrons. The van der Waals surface area contributed by atoms with Crippen LogP contribution in [0.4, 0.5) is 0 Å². The molecule has 0 bridgehead atoms. The molecule has 0 unspecified atom stereocenters. The first-order valence-corrected chi connectivity index (χ1v) is 12.9. The molecule has 0 saturated heterocycles. The summed E-state index contributed by atoms with van der Waals surface area (Å²) >= 11 is 2.35. The molecule has 1 aliphatic carbocycles. The van der Waals surface area contributed by atoms with Crippen molar-refractivity contribution in [1.82, 2.24) is 0 Å². The zero-order valence-corrected chi connectivity index (χ0v) is 22.3. The van der Waals surface area contributed by atoms with E-state index < -0.39 is 8.07 Å². The molecule has 0 fully saturated rings. The van der Waals surface area contributed by atoms with E-state index in [1.54, 1.807) is 14.6 Å². The van der Waals surface area contributed by atoms with E-state index in [2.05, 4.69) is 124 Å². The monoisotopic (exact) mass is 518 g/mol. The van der Waals surface area contributed by atoms with E-state index >= 15 is 0 Å². The van der Waals surface area contributed by atoms with Gasteiger partial charge in [0.1, 0.15) is 0 Å². The van der Waals surface area contributed by atoms with Gasteiger partial charge >= 0.3 is 182 Å². The number of benzene rings is 3. The Bertz CT molecular complexity index is 906. The average Bonchev–Trinajstić information content (AvgIpc) is 3.12. The summed E-state index contributed by atoms with van der Waals surface area (Å²) in [6.45, 7) is 2.29. The van der Waals surface area contributed by atoms with Crippen LogP contribution in [0.1, 0.15) is 26.2 Å². The van der Waals surface area contributed by atoms with Crippen LogP contribution in [0.25, 0.3) is 0 Å². The second-order valence-electron chi connectivity index (χ2n) is 7.39. The summed E-state index contributed by atoms with van der Waals surface area (Å²) in [5, 5.41) is 6.07. The molecule has 5 heteroatoms. The van der Waals surface area contributed by atoms with E-state index in [1.165, 1.54) is 22.0 Å². The second-order valence-corrected chi connectivity index (χ2v) is 12.1. The molecule has 3 aromatic rings. The second kappa shape index (κ2) is 12.8. The van der Waals surface area contributed by atoms with Gasteiger partial charge in [0, 0.05) is 0 Å². The number of halogens is 3. The molecule has 0 spiro atoms. The molecule has 0 aliphatic heterocycles. The van der Waals surface area contributed by atoms with Gasteiger partial charge in [-0.15, -0.1) is 0 Å². The van der Waals surface area contributed by atoms with Crippen molar-refractivity contribution in [3.05, 3.63) is 112 Å². The van der Waals surface area contributed by atoms with Gasteiger partial charge in [-0.25, -0.2) is 0 Å². The third kappa shape index (κ3) is 5.30. The number of hydrogen-bond acceptors (Lipinski definition) is 0. The van der Waals surface area contributed by atoms with Crippen LogP contribution >= 0.6 is 0 Å². The third-order valence-corrected chi connectivity index (χ3v) is 11.8. The molecule has 3 aromatic carbocycles. The van der Waals surface area contributed by atoms with Crippen molar-refractivity contribution in [1.29, 1.82) is 0 Å². The summed E-state index contributed by atoms with van der Waals surface area (Å²) in [6.07, 6.45) is 5.93. The zero-order valence-electron chi connectivity index (χ0n) is 17.5. The Morgan fingerprint density at radius 1 is 0.677 bits per heavy atom. The van der Waals surface area contributed by atoms with Gasteiger partial charge in [-0.05, 0) is 0 Å². The van der Waals surface area contributed by atoms with Crippen molar-refractivity contribution >= 4 is 23.6 Å².